The van der Waals surface area contributed by atoms with Gasteiger partial charge >= 0.3 is 0 Å². The third kappa shape index (κ3) is 4.02. The smallest absolute Gasteiger partial charge is 0.248 e. The van der Waals surface area contributed by atoms with E-state index in [-0.39, 0.29) is 31.0 Å². The van der Waals surface area contributed by atoms with Crippen molar-refractivity contribution in [3.05, 3.63) is 40.7 Å². The zero-order valence-electron chi connectivity index (χ0n) is 13.9. The molecule has 0 aromatic carbocycles. The first kappa shape index (κ1) is 18.3. The highest BCUT2D eigenvalue weighted by atomic mass is 35.5. The van der Waals surface area contributed by atoms with Crippen LogP contribution < -0.4 is 0 Å². The largest absolute Gasteiger partial charge is 0.319 e. The standard InChI is InChI=1S/C19H21ClF3NO/c20-16-2-1-11-24-14(7-10-21)12-15(18(16)24)17(25)4-3-13-5-8-19(22,23)9-6-13/h1-2,11-13H,3-10H2. The molecule has 3 rings (SSSR count). The van der Waals surface area contributed by atoms with E-state index in [1.54, 1.807) is 28.8 Å². The van der Waals surface area contributed by atoms with E-state index in [4.69, 9.17) is 11.6 Å². The quantitative estimate of drug-likeness (QED) is 0.580. The number of fused-ring (bicyclic) bond motifs is 1. The van der Waals surface area contributed by atoms with Gasteiger partial charge in [0.25, 0.3) is 0 Å². The zero-order valence-corrected chi connectivity index (χ0v) is 14.7. The molecule has 0 unspecified atom stereocenters. The average Bonchev–Trinajstić information content (AvgIpc) is 2.94. The monoisotopic (exact) mass is 371 g/mol. The molecule has 2 aromatic heterocycles. The van der Waals surface area contributed by atoms with Crippen molar-refractivity contribution in [2.24, 2.45) is 5.92 Å². The molecule has 0 radical (unpaired) electrons. The summed E-state index contributed by atoms with van der Waals surface area (Å²) in [4.78, 5) is 12.7. The van der Waals surface area contributed by atoms with Crippen molar-refractivity contribution >= 4 is 22.9 Å². The fourth-order valence-electron chi connectivity index (χ4n) is 3.64. The molecule has 2 nitrogen and oxygen atoms in total. The topological polar surface area (TPSA) is 21.5 Å². The first-order chi connectivity index (χ1) is 11.9. The van der Waals surface area contributed by atoms with E-state index in [9.17, 15) is 18.0 Å². The molecule has 6 heteroatoms. The summed E-state index contributed by atoms with van der Waals surface area (Å²) in [6.07, 6.45) is 3.64. The van der Waals surface area contributed by atoms with Gasteiger partial charge in [0.2, 0.25) is 5.92 Å². The molecule has 0 spiro atoms. The molecule has 1 aliphatic carbocycles. The highest BCUT2D eigenvalue weighted by Crippen LogP contribution is 2.38. The van der Waals surface area contributed by atoms with Crippen LogP contribution in [0.15, 0.2) is 24.4 Å². The Hall–Kier alpha value is -1.49. The Balaban J connectivity index is 1.74. The fourth-order valence-corrected chi connectivity index (χ4v) is 3.91. The minimum Gasteiger partial charge on any atom is -0.319 e. The van der Waals surface area contributed by atoms with Crippen LogP contribution in [0.25, 0.3) is 5.52 Å². The Labute approximate surface area is 150 Å². The SMILES string of the molecule is O=C(CCC1CCC(F)(F)CC1)c1cc(CCF)n2cccc(Cl)c12. The van der Waals surface area contributed by atoms with Crippen LogP contribution in [0.4, 0.5) is 13.2 Å². The highest BCUT2D eigenvalue weighted by molar-refractivity contribution is 6.35. The second kappa shape index (κ2) is 7.40. The van der Waals surface area contributed by atoms with Crippen molar-refractivity contribution in [1.82, 2.24) is 4.40 Å². The molecule has 136 valence electrons. The Morgan fingerprint density at radius 3 is 2.72 bits per heavy atom. The van der Waals surface area contributed by atoms with Crippen LogP contribution in [0.2, 0.25) is 5.02 Å². The van der Waals surface area contributed by atoms with Crippen LogP contribution in [0, 0.1) is 5.92 Å². The second-order valence-corrected chi connectivity index (χ2v) is 7.23. The molecule has 0 amide bonds. The maximum absolute atomic E-state index is 13.2. The van der Waals surface area contributed by atoms with Gasteiger partial charge in [-0.2, -0.15) is 0 Å². The van der Waals surface area contributed by atoms with Crippen molar-refractivity contribution in [3.8, 4) is 0 Å². The first-order valence-electron chi connectivity index (χ1n) is 8.67. The maximum atomic E-state index is 13.2. The number of aromatic nitrogens is 1. The van der Waals surface area contributed by atoms with Crippen molar-refractivity contribution in [3.63, 3.8) is 0 Å². The van der Waals surface area contributed by atoms with Gasteiger partial charge in [-0.3, -0.25) is 9.18 Å². The van der Waals surface area contributed by atoms with Crippen LogP contribution >= 0.6 is 11.6 Å². The lowest BCUT2D eigenvalue weighted by Crippen LogP contribution is -2.24. The van der Waals surface area contributed by atoms with Crippen molar-refractivity contribution in [2.75, 3.05) is 6.67 Å². The minimum atomic E-state index is -2.55. The summed E-state index contributed by atoms with van der Waals surface area (Å²) in [6.45, 7) is -0.511. The molecule has 1 saturated carbocycles. The zero-order chi connectivity index (χ0) is 18.0. The van der Waals surface area contributed by atoms with Gasteiger partial charge < -0.3 is 4.40 Å². The van der Waals surface area contributed by atoms with E-state index in [0.717, 1.165) is 0 Å². The summed E-state index contributed by atoms with van der Waals surface area (Å²) in [6, 6.07) is 5.17. The number of carbonyl (C=O) groups excluding carboxylic acids is 1. The molecule has 1 fully saturated rings. The van der Waals surface area contributed by atoms with Crippen LogP contribution in [0.3, 0.4) is 0 Å². The second-order valence-electron chi connectivity index (χ2n) is 6.82. The summed E-state index contributed by atoms with van der Waals surface area (Å²) >= 11 is 6.25. The summed E-state index contributed by atoms with van der Waals surface area (Å²) < 4.78 is 41.0. The third-order valence-corrected chi connectivity index (χ3v) is 5.39. The molecule has 0 saturated heterocycles. The highest BCUT2D eigenvalue weighted by Gasteiger charge is 2.34. The normalized spacial score (nSPS) is 17.9. The number of carbonyl (C=O) groups is 1. The first-order valence-corrected chi connectivity index (χ1v) is 9.04. The molecule has 0 atom stereocenters. The van der Waals surface area contributed by atoms with Crippen LogP contribution in [0.5, 0.6) is 0 Å². The molecule has 25 heavy (non-hydrogen) atoms. The average molecular weight is 372 g/mol. The predicted molar refractivity (Wildman–Crippen MR) is 92.6 cm³/mol. The predicted octanol–water partition coefficient (Wildman–Crippen LogP) is 5.89. The van der Waals surface area contributed by atoms with Crippen molar-refractivity contribution in [2.45, 2.75) is 50.9 Å². The lowest BCUT2D eigenvalue weighted by Gasteiger charge is -2.27. The van der Waals surface area contributed by atoms with E-state index < -0.39 is 12.6 Å². The van der Waals surface area contributed by atoms with Gasteiger partial charge in [0, 0.05) is 43.1 Å². The molecule has 2 aromatic rings. The van der Waals surface area contributed by atoms with Gasteiger partial charge in [-0.15, -0.1) is 0 Å². The summed E-state index contributed by atoms with van der Waals surface area (Å²) in [5.74, 6) is -2.44. The van der Waals surface area contributed by atoms with Gasteiger partial charge in [0.05, 0.1) is 17.2 Å². The van der Waals surface area contributed by atoms with Crippen molar-refractivity contribution < 1.29 is 18.0 Å². The number of hydrogen-bond acceptors (Lipinski definition) is 1. The molecule has 0 bridgehead atoms. The number of nitrogens with zero attached hydrogens (tertiary/aromatic N) is 1. The number of halogens is 4. The van der Waals surface area contributed by atoms with Gasteiger partial charge in [0.15, 0.2) is 5.78 Å². The Bertz CT molecular complexity index is 761. The Kier molecular flexibility index (Phi) is 5.42. The molecule has 0 aliphatic heterocycles. The number of pyridine rings is 1. The van der Waals surface area contributed by atoms with E-state index >= 15 is 0 Å². The minimum absolute atomic E-state index is 0.0620. The molecular weight excluding hydrogens is 351 g/mol. The number of Topliss-reactive ketones (excluding diaryl/α,β-unsaturated/α-hetero) is 1. The van der Waals surface area contributed by atoms with Crippen LogP contribution in [0.1, 0.15) is 54.6 Å². The van der Waals surface area contributed by atoms with E-state index in [0.29, 0.717) is 47.5 Å². The fraction of sp³-hybridized carbons (Fsp3) is 0.526. The van der Waals surface area contributed by atoms with Crippen LogP contribution in [-0.2, 0) is 6.42 Å². The van der Waals surface area contributed by atoms with Crippen molar-refractivity contribution in [1.29, 1.82) is 0 Å². The number of rotatable bonds is 6. The lowest BCUT2D eigenvalue weighted by molar-refractivity contribution is -0.0464. The lowest BCUT2D eigenvalue weighted by atomic mass is 9.83. The Morgan fingerprint density at radius 2 is 2.04 bits per heavy atom. The van der Waals surface area contributed by atoms with Gasteiger partial charge in [-0.25, -0.2) is 8.78 Å². The summed E-state index contributed by atoms with van der Waals surface area (Å²) in [7, 11) is 0. The molecule has 0 N–H and O–H groups in total. The van der Waals surface area contributed by atoms with E-state index in [2.05, 4.69) is 0 Å². The Morgan fingerprint density at radius 1 is 1.32 bits per heavy atom. The van der Waals surface area contributed by atoms with Gasteiger partial charge in [-0.05, 0) is 43.4 Å². The third-order valence-electron chi connectivity index (χ3n) is 5.09. The molecule has 1 aliphatic rings. The van der Waals surface area contributed by atoms with E-state index in [1.807, 2.05) is 0 Å². The maximum Gasteiger partial charge on any atom is 0.248 e. The molecule has 2 heterocycles. The molecular formula is C19H21ClF3NO. The number of aryl methyl sites for hydroxylation is 1. The van der Waals surface area contributed by atoms with Crippen LogP contribution in [-0.4, -0.2) is 22.8 Å². The number of ketones is 1. The summed E-state index contributed by atoms with van der Waals surface area (Å²) in [5, 5.41) is 0.452. The summed E-state index contributed by atoms with van der Waals surface area (Å²) in [5.41, 5.74) is 1.81. The number of hydrogen-bond donors (Lipinski definition) is 0. The van der Waals surface area contributed by atoms with Gasteiger partial charge in [-0.1, -0.05) is 11.6 Å². The number of alkyl halides is 3. The van der Waals surface area contributed by atoms with Gasteiger partial charge in [0.1, 0.15) is 0 Å². The van der Waals surface area contributed by atoms with E-state index in [1.165, 1.54) is 0 Å².